The Kier molecular flexibility index (Phi) is 5.61. The summed E-state index contributed by atoms with van der Waals surface area (Å²) in [6, 6.07) is 16.7. The van der Waals surface area contributed by atoms with Gasteiger partial charge in [-0.25, -0.2) is 0 Å². The minimum Gasteiger partial charge on any atom is -0.497 e. The lowest BCUT2D eigenvalue weighted by atomic mass is 9.73. The van der Waals surface area contributed by atoms with Crippen LogP contribution >= 0.6 is 0 Å². The Bertz CT molecular complexity index is 667. The summed E-state index contributed by atoms with van der Waals surface area (Å²) in [5, 5.41) is 3.69. The topological polar surface area (TPSA) is 56.5 Å². The van der Waals surface area contributed by atoms with Gasteiger partial charge in [-0.05, 0) is 36.1 Å². The van der Waals surface area contributed by atoms with Crippen LogP contribution in [0.3, 0.4) is 0 Å². The van der Waals surface area contributed by atoms with E-state index in [9.17, 15) is 0 Å². The Morgan fingerprint density at radius 2 is 1.72 bits per heavy atom. The van der Waals surface area contributed by atoms with Crippen molar-refractivity contribution in [3.8, 4) is 11.5 Å². The third-order valence-electron chi connectivity index (χ3n) is 5.23. The Labute approximate surface area is 150 Å². The van der Waals surface area contributed by atoms with Gasteiger partial charge in [-0.2, -0.15) is 0 Å². The maximum atomic E-state index is 6.89. The average Bonchev–Trinajstić information content (AvgIpc) is 2.67. The summed E-state index contributed by atoms with van der Waals surface area (Å²) in [6.45, 7) is 0.740. The summed E-state index contributed by atoms with van der Waals surface area (Å²) >= 11 is 0. The standard InChI is InChI=1S/C21H28N2O2/c1-24-18-12-16(13-19(14-18)25-2)15-23-20-10-6-7-11-21(20,22)17-8-4-3-5-9-17/h3-5,8-9,12-14,20,23H,6-7,10-11,15,22H2,1-2H3. The molecule has 0 aromatic heterocycles. The second kappa shape index (κ2) is 7.89. The lowest BCUT2D eigenvalue weighted by Crippen LogP contribution is -2.56. The van der Waals surface area contributed by atoms with E-state index in [2.05, 4.69) is 29.6 Å². The van der Waals surface area contributed by atoms with Gasteiger partial charge >= 0.3 is 0 Å². The lowest BCUT2D eigenvalue weighted by molar-refractivity contribution is 0.215. The number of methoxy groups -OCH3 is 2. The van der Waals surface area contributed by atoms with Crippen LogP contribution in [0.1, 0.15) is 36.8 Å². The van der Waals surface area contributed by atoms with E-state index in [0.29, 0.717) is 0 Å². The molecule has 2 aromatic rings. The summed E-state index contributed by atoms with van der Waals surface area (Å²) in [7, 11) is 3.35. The van der Waals surface area contributed by atoms with Gasteiger partial charge in [0.1, 0.15) is 11.5 Å². The fourth-order valence-corrected chi connectivity index (χ4v) is 3.79. The molecular formula is C21H28N2O2. The SMILES string of the molecule is COc1cc(CNC2CCCCC2(N)c2ccccc2)cc(OC)c1. The van der Waals surface area contributed by atoms with Crippen LogP contribution in [-0.4, -0.2) is 20.3 Å². The molecule has 0 heterocycles. The van der Waals surface area contributed by atoms with Crippen molar-refractivity contribution in [3.63, 3.8) is 0 Å². The van der Waals surface area contributed by atoms with Crippen molar-refractivity contribution in [1.29, 1.82) is 0 Å². The molecule has 0 aliphatic heterocycles. The van der Waals surface area contributed by atoms with E-state index < -0.39 is 0 Å². The van der Waals surface area contributed by atoms with Crippen LogP contribution in [0, 0.1) is 0 Å². The number of benzene rings is 2. The van der Waals surface area contributed by atoms with Gasteiger partial charge in [0.15, 0.2) is 0 Å². The van der Waals surface area contributed by atoms with Crippen LogP contribution in [0.2, 0.25) is 0 Å². The van der Waals surface area contributed by atoms with Crippen LogP contribution in [0.5, 0.6) is 11.5 Å². The molecular weight excluding hydrogens is 312 g/mol. The molecule has 3 N–H and O–H groups in total. The number of rotatable bonds is 6. The Balaban J connectivity index is 1.77. The van der Waals surface area contributed by atoms with Crippen molar-refractivity contribution in [1.82, 2.24) is 5.32 Å². The molecule has 0 spiro atoms. The fourth-order valence-electron chi connectivity index (χ4n) is 3.79. The maximum absolute atomic E-state index is 6.89. The smallest absolute Gasteiger partial charge is 0.122 e. The normalized spacial score (nSPS) is 23.2. The lowest BCUT2D eigenvalue weighted by Gasteiger charge is -2.42. The number of ether oxygens (including phenoxy) is 2. The van der Waals surface area contributed by atoms with Crippen molar-refractivity contribution in [2.45, 2.75) is 43.8 Å². The van der Waals surface area contributed by atoms with Gasteiger partial charge in [0.05, 0.1) is 19.8 Å². The molecule has 3 rings (SSSR count). The van der Waals surface area contributed by atoms with Gasteiger partial charge < -0.3 is 20.5 Å². The highest BCUT2D eigenvalue weighted by molar-refractivity contribution is 5.38. The molecule has 25 heavy (non-hydrogen) atoms. The third kappa shape index (κ3) is 3.97. The Hall–Kier alpha value is -2.04. The first-order chi connectivity index (χ1) is 12.2. The van der Waals surface area contributed by atoms with Crippen LogP contribution in [0.15, 0.2) is 48.5 Å². The average molecular weight is 340 g/mol. The summed E-state index contributed by atoms with van der Waals surface area (Å²) in [5.74, 6) is 1.61. The molecule has 4 heteroatoms. The van der Waals surface area contributed by atoms with Gasteiger partial charge in [-0.3, -0.25) is 0 Å². The first-order valence-electron chi connectivity index (χ1n) is 8.95. The number of hydrogen-bond acceptors (Lipinski definition) is 4. The number of nitrogens with two attached hydrogens (primary N) is 1. The van der Waals surface area contributed by atoms with Gasteiger partial charge in [0.25, 0.3) is 0 Å². The van der Waals surface area contributed by atoms with Gasteiger partial charge in [-0.15, -0.1) is 0 Å². The van der Waals surface area contributed by atoms with Gasteiger partial charge in [0, 0.05) is 18.7 Å². The van der Waals surface area contributed by atoms with Crippen LogP contribution in [0.4, 0.5) is 0 Å². The van der Waals surface area contributed by atoms with E-state index in [1.807, 2.05) is 24.3 Å². The molecule has 1 fully saturated rings. The summed E-state index contributed by atoms with van der Waals surface area (Å²) in [5.41, 5.74) is 8.93. The molecule has 2 unspecified atom stereocenters. The monoisotopic (exact) mass is 340 g/mol. The second-order valence-electron chi connectivity index (χ2n) is 6.81. The quantitative estimate of drug-likeness (QED) is 0.844. The Morgan fingerprint density at radius 1 is 1.04 bits per heavy atom. The predicted molar refractivity (Wildman–Crippen MR) is 101 cm³/mol. The molecule has 0 radical (unpaired) electrons. The highest BCUT2D eigenvalue weighted by atomic mass is 16.5. The molecule has 0 saturated heterocycles. The summed E-state index contributed by atoms with van der Waals surface area (Å²) in [6.07, 6.45) is 4.49. The summed E-state index contributed by atoms with van der Waals surface area (Å²) in [4.78, 5) is 0. The zero-order chi connectivity index (χ0) is 17.7. The fraction of sp³-hybridized carbons (Fsp3) is 0.429. The molecule has 4 nitrogen and oxygen atoms in total. The van der Waals surface area contributed by atoms with Crippen LogP contribution in [0.25, 0.3) is 0 Å². The molecule has 2 atom stereocenters. The van der Waals surface area contributed by atoms with Crippen LogP contribution in [-0.2, 0) is 12.1 Å². The van der Waals surface area contributed by atoms with E-state index in [-0.39, 0.29) is 11.6 Å². The van der Waals surface area contributed by atoms with E-state index in [1.54, 1.807) is 14.2 Å². The molecule has 1 aliphatic carbocycles. The molecule has 134 valence electrons. The minimum atomic E-state index is -0.317. The Morgan fingerprint density at radius 3 is 2.36 bits per heavy atom. The molecule has 0 amide bonds. The highest BCUT2D eigenvalue weighted by Crippen LogP contribution is 2.35. The largest absolute Gasteiger partial charge is 0.497 e. The molecule has 1 aliphatic rings. The molecule has 0 bridgehead atoms. The first-order valence-corrected chi connectivity index (χ1v) is 8.95. The van der Waals surface area contributed by atoms with Crippen molar-refractivity contribution < 1.29 is 9.47 Å². The minimum absolute atomic E-state index is 0.251. The van der Waals surface area contributed by atoms with Gasteiger partial charge in [-0.1, -0.05) is 43.2 Å². The highest BCUT2D eigenvalue weighted by Gasteiger charge is 2.38. The van der Waals surface area contributed by atoms with Crippen molar-refractivity contribution in [2.24, 2.45) is 5.73 Å². The van der Waals surface area contributed by atoms with Crippen molar-refractivity contribution >= 4 is 0 Å². The van der Waals surface area contributed by atoms with E-state index in [1.165, 1.54) is 18.4 Å². The first kappa shape index (κ1) is 17.8. The summed E-state index contributed by atoms with van der Waals surface area (Å²) < 4.78 is 10.7. The second-order valence-corrected chi connectivity index (χ2v) is 6.81. The number of hydrogen-bond donors (Lipinski definition) is 2. The van der Waals surface area contributed by atoms with Crippen molar-refractivity contribution in [2.75, 3.05) is 14.2 Å². The van der Waals surface area contributed by atoms with Crippen LogP contribution < -0.4 is 20.5 Å². The zero-order valence-electron chi connectivity index (χ0n) is 15.1. The van der Waals surface area contributed by atoms with Gasteiger partial charge in [0.2, 0.25) is 0 Å². The number of nitrogens with one attached hydrogen (secondary N) is 1. The third-order valence-corrected chi connectivity index (χ3v) is 5.23. The van der Waals surface area contributed by atoms with Crippen molar-refractivity contribution in [3.05, 3.63) is 59.7 Å². The maximum Gasteiger partial charge on any atom is 0.122 e. The van der Waals surface area contributed by atoms with E-state index in [4.69, 9.17) is 15.2 Å². The van der Waals surface area contributed by atoms with E-state index in [0.717, 1.165) is 36.4 Å². The zero-order valence-corrected chi connectivity index (χ0v) is 15.1. The predicted octanol–water partition coefficient (Wildman–Crippen LogP) is 3.59. The molecule has 2 aromatic carbocycles. The molecule has 1 saturated carbocycles. The van der Waals surface area contributed by atoms with E-state index >= 15 is 0 Å².